The topological polar surface area (TPSA) is 42.0 Å². The van der Waals surface area contributed by atoms with E-state index < -0.39 is 10.8 Å². The summed E-state index contributed by atoms with van der Waals surface area (Å²) in [6.45, 7) is 0. The van der Waals surface area contributed by atoms with Crippen LogP contribution in [0.5, 0.6) is 0 Å². The van der Waals surface area contributed by atoms with E-state index in [0.717, 1.165) is 5.69 Å². The van der Waals surface area contributed by atoms with Gasteiger partial charge in [-0.25, -0.2) is 4.98 Å². The zero-order chi connectivity index (χ0) is 8.27. The standard InChI is InChI=1S/C7H10N2OS/c1-8-6-3-4-7(9-5-6)11(2)10/h3-5,8H,1-2H3. The third-order valence-electron chi connectivity index (χ3n) is 1.32. The number of nitrogens with one attached hydrogen (secondary N) is 1. The van der Waals surface area contributed by atoms with E-state index in [-0.39, 0.29) is 0 Å². The van der Waals surface area contributed by atoms with Crippen molar-refractivity contribution in [2.75, 3.05) is 18.6 Å². The van der Waals surface area contributed by atoms with Crippen molar-refractivity contribution in [2.45, 2.75) is 5.03 Å². The van der Waals surface area contributed by atoms with Crippen molar-refractivity contribution in [3.05, 3.63) is 18.3 Å². The normalized spacial score (nSPS) is 12.5. The molecule has 1 heterocycles. The van der Waals surface area contributed by atoms with Crippen LogP contribution in [-0.2, 0) is 10.8 Å². The van der Waals surface area contributed by atoms with Crippen LogP contribution in [-0.4, -0.2) is 22.5 Å². The molecule has 3 nitrogen and oxygen atoms in total. The molecule has 1 aromatic rings. The monoisotopic (exact) mass is 170 g/mol. The lowest BCUT2D eigenvalue weighted by atomic mass is 10.4. The third-order valence-corrected chi connectivity index (χ3v) is 2.15. The number of hydrogen-bond acceptors (Lipinski definition) is 3. The van der Waals surface area contributed by atoms with Gasteiger partial charge in [-0.05, 0) is 12.1 Å². The number of nitrogens with zero attached hydrogens (tertiary/aromatic N) is 1. The Kier molecular flexibility index (Phi) is 2.59. The molecule has 0 aliphatic carbocycles. The van der Waals surface area contributed by atoms with Gasteiger partial charge in [-0.2, -0.15) is 0 Å². The average molecular weight is 170 g/mol. The Morgan fingerprint density at radius 3 is 2.64 bits per heavy atom. The molecule has 0 aliphatic rings. The quantitative estimate of drug-likeness (QED) is 0.715. The highest BCUT2D eigenvalue weighted by molar-refractivity contribution is 7.84. The van der Waals surface area contributed by atoms with E-state index in [1.165, 1.54) is 0 Å². The van der Waals surface area contributed by atoms with Gasteiger partial charge in [0.1, 0.15) is 5.03 Å². The van der Waals surface area contributed by atoms with Crippen molar-refractivity contribution < 1.29 is 4.21 Å². The van der Waals surface area contributed by atoms with Crippen LogP contribution in [0.25, 0.3) is 0 Å². The van der Waals surface area contributed by atoms with Crippen LogP contribution in [0.2, 0.25) is 0 Å². The second-order valence-electron chi connectivity index (χ2n) is 2.09. The number of hydrogen-bond donors (Lipinski definition) is 1. The van der Waals surface area contributed by atoms with Crippen LogP contribution in [0.3, 0.4) is 0 Å². The lowest BCUT2D eigenvalue weighted by molar-refractivity contribution is 0.684. The Morgan fingerprint density at radius 1 is 1.55 bits per heavy atom. The highest BCUT2D eigenvalue weighted by Gasteiger charge is 1.96. The van der Waals surface area contributed by atoms with E-state index in [9.17, 15) is 4.21 Å². The van der Waals surface area contributed by atoms with E-state index in [1.807, 2.05) is 13.1 Å². The number of anilines is 1. The molecule has 60 valence electrons. The fraction of sp³-hybridized carbons (Fsp3) is 0.286. The summed E-state index contributed by atoms with van der Waals surface area (Å²) in [5.74, 6) is 0. The molecule has 0 aromatic carbocycles. The summed E-state index contributed by atoms with van der Waals surface area (Å²) >= 11 is 0. The highest BCUT2D eigenvalue weighted by atomic mass is 32.2. The van der Waals surface area contributed by atoms with E-state index in [1.54, 1.807) is 18.5 Å². The van der Waals surface area contributed by atoms with Crippen molar-refractivity contribution >= 4 is 16.5 Å². The Labute approximate surface area is 68.3 Å². The fourth-order valence-electron chi connectivity index (χ4n) is 0.698. The zero-order valence-corrected chi connectivity index (χ0v) is 7.31. The third kappa shape index (κ3) is 2.01. The minimum absolute atomic E-state index is 0.615. The molecule has 0 saturated carbocycles. The van der Waals surface area contributed by atoms with E-state index >= 15 is 0 Å². The Bertz CT molecular complexity index is 258. The molecular formula is C7H10N2OS. The molecule has 0 radical (unpaired) electrons. The molecule has 1 unspecified atom stereocenters. The Hall–Kier alpha value is -0.900. The van der Waals surface area contributed by atoms with Crippen LogP contribution in [0.15, 0.2) is 23.4 Å². The van der Waals surface area contributed by atoms with Gasteiger partial charge in [0.2, 0.25) is 0 Å². The SMILES string of the molecule is CNc1ccc(S(C)=O)nc1. The maximum atomic E-state index is 10.9. The Morgan fingerprint density at radius 2 is 2.27 bits per heavy atom. The molecule has 11 heavy (non-hydrogen) atoms. The summed E-state index contributed by atoms with van der Waals surface area (Å²) in [7, 11) is 0.841. The molecule has 4 heteroatoms. The van der Waals surface area contributed by atoms with Crippen LogP contribution in [0.1, 0.15) is 0 Å². The summed E-state index contributed by atoms with van der Waals surface area (Å²) in [5.41, 5.74) is 0.930. The summed E-state index contributed by atoms with van der Waals surface area (Å²) in [6, 6.07) is 3.60. The molecule has 1 N–H and O–H groups in total. The van der Waals surface area contributed by atoms with Gasteiger partial charge >= 0.3 is 0 Å². The van der Waals surface area contributed by atoms with Crippen molar-refractivity contribution in [2.24, 2.45) is 0 Å². The molecule has 0 spiro atoms. The molecule has 0 bridgehead atoms. The lowest BCUT2D eigenvalue weighted by Gasteiger charge is -1.98. The smallest absolute Gasteiger partial charge is 0.127 e. The van der Waals surface area contributed by atoms with Gasteiger partial charge in [0.25, 0.3) is 0 Å². The first-order valence-electron chi connectivity index (χ1n) is 3.21. The van der Waals surface area contributed by atoms with E-state index in [4.69, 9.17) is 0 Å². The van der Waals surface area contributed by atoms with Gasteiger partial charge in [0.15, 0.2) is 0 Å². The highest BCUT2D eigenvalue weighted by Crippen LogP contribution is 2.06. The first kappa shape index (κ1) is 8.20. The number of rotatable bonds is 2. The van der Waals surface area contributed by atoms with Crippen LogP contribution >= 0.6 is 0 Å². The number of pyridine rings is 1. The van der Waals surface area contributed by atoms with Crippen molar-refractivity contribution in [1.82, 2.24) is 4.98 Å². The van der Waals surface area contributed by atoms with E-state index in [2.05, 4.69) is 10.3 Å². The number of aromatic nitrogens is 1. The fourth-order valence-corrected chi connectivity index (χ4v) is 1.16. The van der Waals surface area contributed by atoms with Crippen molar-refractivity contribution in [1.29, 1.82) is 0 Å². The lowest BCUT2D eigenvalue weighted by Crippen LogP contribution is -1.93. The van der Waals surface area contributed by atoms with Crippen molar-refractivity contribution in [3.63, 3.8) is 0 Å². The second kappa shape index (κ2) is 3.48. The molecule has 0 saturated heterocycles. The van der Waals surface area contributed by atoms with Crippen LogP contribution < -0.4 is 5.32 Å². The van der Waals surface area contributed by atoms with Gasteiger partial charge in [-0.3, -0.25) is 4.21 Å². The van der Waals surface area contributed by atoms with Gasteiger partial charge in [0.05, 0.1) is 22.7 Å². The largest absolute Gasteiger partial charge is 0.387 e. The van der Waals surface area contributed by atoms with Gasteiger partial charge in [0, 0.05) is 13.3 Å². The maximum absolute atomic E-state index is 10.9. The first-order chi connectivity index (χ1) is 5.24. The zero-order valence-electron chi connectivity index (χ0n) is 6.50. The average Bonchev–Trinajstić information content (AvgIpc) is 2.05. The summed E-state index contributed by atoms with van der Waals surface area (Å²) in [4.78, 5) is 3.99. The second-order valence-corrected chi connectivity index (χ2v) is 3.42. The van der Waals surface area contributed by atoms with Crippen LogP contribution in [0, 0.1) is 0 Å². The molecule has 1 atom stereocenters. The molecule has 1 rings (SSSR count). The van der Waals surface area contributed by atoms with Gasteiger partial charge in [-0.15, -0.1) is 0 Å². The molecule has 0 fully saturated rings. The van der Waals surface area contributed by atoms with E-state index in [0.29, 0.717) is 5.03 Å². The van der Waals surface area contributed by atoms with Gasteiger partial charge < -0.3 is 5.32 Å². The molecule has 0 aliphatic heterocycles. The minimum atomic E-state index is -0.978. The summed E-state index contributed by atoms with van der Waals surface area (Å²) < 4.78 is 10.9. The molecule has 0 amide bonds. The minimum Gasteiger partial charge on any atom is -0.387 e. The Balaban J connectivity index is 2.91. The van der Waals surface area contributed by atoms with Gasteiger partial charge in [-0.1, -0.05) is 0 Å². The summed E-state index contributed by atoms with van der Waals surface area (Å²) in [5, 5.41) is 3.55. The van der Waals surface area contributed by atoms with Crippen molar-refractivity contribution in [3.8, 4) is 0 Å². The first-order valence-corrected chi connectivity index (χ1v) is 4.77. The predicted octanol–water partition coefficient (Wildman–Crippen LogP) is 0.861. The van der Waals surface area contributed by atoms with Crippen LogP contribution in [0.4, 0.5) is 5.69 Å². The predicted molar refractivity (Wildman–Crippen MR) is 46.1 cm³/mol. The molecular weight excluding hydrogens is 160 g/mol. The maximum Gasteiger partial charge on any atom is 0.127 e. The summed E-state index contributed by atoms with van der Waals surface area (Å²) in [6.07, 6.45) is 3.28. The molecule has 1 aromatic heterocycles.